The van der Waals surface area contributed by atoms with Crippen LogP contribution in [0, 0.1) is 5.41 Å². The second-order valence-corrected chi connectivity index (χ2v) is 5.19. The summed E-state index contributed by atoms with van der Waals surface area (Å²) in [5, 5.41) is 3.36. The highest BCUT2D eigenvalue weighted by atomic mass is 16.5. The summed E-state index contributed by atoms with van der Waals surface area (Å²) in [6, 6.07) is 0. The molecule has 2 rings (SSSR count). The lowest BCUT2D eigenvalue weighted by atomic mass is 9.81. The summed E-state index contributed by atoms with van der Waals surface area (Å²) < 4.78 is 6.96. The molecule has 1 saturated heterocycles. The minimum absolute atomic E-state index is 0.229. The summed E-state index contributed by atoms with van der Waals surface area (Å²) >= 11 is 0. The van der Waals surface area contributed by atoms with E-state index >= 15 is 0 Å². The summed E-state index contributed by atoms with van der Waals surface area (Å²) in [4.78, 5) is 15.8. The second kappa shape index (κ2) is 5.52. The molecule has 1 aliphatic rings. The number of imidazole rings is 1. The van der Waals surface area contributed by atoms with Gasteiger partial charge in [-0.1, -0.05) is 6.92 Å². The largest absolute Gasteiger partial charge is 0.461 e. The molecule has 18 heavy (non-hydrogen) atoms. The predicted octanol–water partition coefficient (Wildman–Crippen LogP) is 1.45. The molecule has 5 nitrogen and oxygen atoms in total. The van der Waals surface area contributed by atoms with Crippen LogP contribution in [-0.2, 0) is 11.3 Å². The van der Waals surface area contributed by atoms with Gasteiger partial charge in [0.25, 0.3) is 0 Å². The number of ether oxygens (including phenoxy) is 1. The van der Waals surface area contributed by atoms with Gasteiger partial charge in [-0.3, -0.25) is 0 Å². The Balaban J connectivity index is 2.09. The van der Waals surface area contributed by atoms with Gasteiger partial charge >= 0.3 is 5.97 Å². The number of hydrogen-bond donors (Lipinski definition) is 1. The quantitative estimate of drug-likeness (QED) is 0.823. The van der Waals surface area contributed by atoms with Crippen LogP contribution in [0.25, 0.3) is 0 Å². The van der Waals surface area contributed by atoms with Crippen LogP contribution in [0.1, 0.15) is 37.2 Å². The zero-order valence-electron chi connectivity index (χ0n) is 11.1. The van der Waals surface area contributed by atoms with Gasteiger partial charge in [0.2, 0.25) is 0 Å². The Labute approximate surface area is 108 Å². The number of carbonyl (C=O) groups is 1. The number of piperidine rings is 1. The van der Waals surface area contributed by atoms with Crippen molar-refractivity contribution in [2.75, 3.05) is 19.7 Å². The normalized spacial score (nSPS) is 18.6. The Morgan fingerprint density at radius 3 is 2.94 bits per heavy atom. The molecular formula is C13H21N3O2. The zero-order valence-corrected chi connectivity index (χ0v) is 11.1. The molecule has 2 heterocycles. The van der Waals surface area contributed by atoms with Crippen molar-refractivity contribution in [1.82, 2.24) is 14.9 Å². The molecule has 0 amide bonds. The molecule has 0 radical (unpaired) electrons. The summed E-state index contributed by atoms with van der Waals surface area (Å²) in [5.41, 5.74) is 0.782. The fraction of sp³-hybridized carbons (Fsp3) is 0.692. The lowest BCUT2D eigenvalue weighted by Crippen LogP contribution is -2.37. The summed E-state index contributed by atoms with van der Waals surface area (Å²) in [6.07, 6.45) is 5.54. The van der Waals surface area contributed by atoms with Crippen molar-refractivity contribution < 1.29 is 9.53 Å². The van der Waals surface area contributed by atoms with Gasteiger partial charge in [0.05, 0.1) is 19.1 Å². The fourth-order valence-corrected chi connectivity index (χ4v) is 2.42. The molecule has 100 valence electrons. The third-order valence-electron chi connectivity index (χ3n) is 3.56. The van der Waals surface area contributed by atoms with E-state index in [0.29, 0.717) is 12.3 Å². The van der Waals surface area contributed by atoms with Gasteiger partial charge in [-0.05, 0) is 38.3 Å². The van der Waals surface area contributed by atoms with Crippen molar-refractivity contribution in [3.05, 3.63) is 18.2 Å². The Kier molecular flexibility index (Phi) is 4.01. The molecule has 1 aromatic heterocycles. The molecule has 0 aromatic carbocycles. The molecule has 0 spiro atoms. The van der Waals surface area contributed by atoms with E-state index in [2.05, 4.69) is 17.2 Å². The fourth-order valence-electron chi connectivity index (χ4n) is 2.42. The highest BCUT2D eigenvalue weighted by molar-refractivity contribution is 5.87. The van der Waals surface area contributed by atoms with Crippen LogP contribution >= 0.6 is 0 Å². The topological polar surface area (TPSA) is 56.1 Å². The maximum atomic E-state index is 11.8. The maximum absolute atomic E-state index is 11.8. The first-order chi connectivity index (χ1) is 8.64. The van der Waals surface area contributed by atoms with Crippen LogP contribution in [0.2, 0.25) is 0 Å². The number of esters is 1. The van der Waals surface area contributed by atoms with Gasteiger partial charge in [0.1, 0.15) is 5.69 Å². The van der Waals surface area contributed by atoms with Crippen molar-refractivity contribution in [1.29, 1.82) is 0 Å². The van der Waals surface area contributed by atoms with Gasteiger partial charge in [-0.15, -0.1) is 0 Å². The van der Waals surface area contributed by atoms with E-state index in [0.717, 1.165) is 32.5 Å². The lowest BCUT2D eigenvalue weighted by Gasteiger charge is -2.34. The third kappa shape index (κ3) is 2.90. The van der Waals surface area contributed by atoms with E-state index in [1.807, 2.05) is 11.5 Å². The van der Waals surface area contributed by atoms with Crippen LogP contribution in [0.3, 0.4) is 0 Å². The Bertz CT molecular complexity index is 408. The zero-order chi connectivity index (χ0) is 13.0. The van der Waals surface area contributed by atoms with Crippen molar-refractivity contribution in [3.63, 3.8) is 0 Å². The van der Waals surface area contributed by atoms with E-state index in [-0.39, 0.29) is 11.4 Å². The molecule has 0 atom stereocenters. The number of nitrogens with zero attached hydrogens (tertiary/aromatic N) is 2. The summed E-state index contributed by atoms with van der Waals surface area (Å²) in [6.45, 7) is 7.38. The van der Waals surface area contributed by atoms with E-state index in [9.17, 15) is 4.79 Å². The monoisotopic (exact) mass is 251 g/mol. The third-order valence-corrected chi connectivity index (χ3v) is 3.56. The van der Waals surface area contributed by atoms with Crippen molar-refractivity contribution in [2.45, 2.75) is 33.2 Å². The van der Waals surface area contributed by atoms with Gasteiger partial charge < -0.3 is 14.6 Å². The molecule has 1 aromatic rings. The molecular weight excluding hydrogens is 230 g/mol. The average molecular weight is 251 g/mol. The Morgan fingerprint density at radius 1 is 1.56 bits per heavy atom. The number of hydrogen-bond acceptors (Lipinski definition) is 4. The van der Waals surface area contributed by atoms with E-state index < -0.39 is 0 Å². The smallest absolute Gasteiger partial charge is 0.356 e. The first-order valence-corrected chi connectivity index (χ1v) is 6.52. The van der Waals surface area contributed by atoms with Crippen LogP contribution in [0.4, 0.5) is 0 Å². The minimum Gasteiger partial charge on any atom is -0.461 e. The summed E-state index contributed by atoms with van der Waals surface area (Å²) in [7, 11) is 0. The predicted molar refractivity (Wildman–Crippen MR) is 68.4 cm³/mol. The average Bonchev–Trinajstić information content (AvgIpc) is 2.77. The molecule has 5 heteroatoms. The number of rotatable bonds is 4. The molecule has 0 aliphatic carbocycles. The van der Waals surface area contributed by atoms with E-state index in [4.69, 9.17) is 4.74 Å². The number of carbonyl (C=O) groups excluding carboxylic acids is 1. The van der Waals surface area contributed by atoms with Gasteiger partial charge in [0.15, 0.2) is 0 Å². The van der Waals surface area contributed by atoms with E-state index in [1.165, 1.54) is 0 Å². The van der Waals surface area contributed by atoms with Crippen molar-refractivity contribution in [3.8, 4) is 0 Å². The Morgan fingerprint density at radius 2 is 2.28 bits per heavy atom. The first-order valence-electron chi connectivity index (χ1n) is 6.52. The lowest BCUT2D eigenvalue weighted by molar-refractivity contribution is 0.0509. The number of nitrogens with one attached hydrogen (secondary N) is 1. The van der Waals surface area contributed by atoms with Crippen LogP contribution in [0.5, 0.6) is 0 Å². The second-order valence-electron chi connectivity index (χ2n) is 5.19. The molecule has 1 aliphatic heterocycles. The molecule has 0 unspecified atom stereocenters. The highest BCUT2D eigenvalue weighted by Crippen LogP contribution is 2.30. The maximum Gasteiger partial charge on any atom is 0.356 e. The first kappa shape index (κ1) is 13.1. The minimum atomic E-state index is -0.285. The molecule has 1 fully saturated rings. The standard InChI is InChI=1S/C13H21N3O2/c1-3-18-12(17)11-8-15-10-16(11)9-13(2)4-6-14-7-5-13/h8,10,14H,3-7,9H2,1-2H3. The van der Waals surface area contributed by atoms with Gasteiger partial charge in [-0.2, -0.15) is 0 Å². The van der Waals surface area contributed by atoms with Crippen LogP contribution in [-0.4, -0.2) is 35.2 Å². The van der Waals surface area contributed by atoms with E-state index in [1.54, 1.807) is 12.5 Å². The van der Waals surface area contributed by atoms with Gasteiger partial charge in [0, 0.05) is 6.54 Å². The molecule has 0 saturated carbocycles. The highest BCUT2D eigenvalue weighted by Gasteiger charge is 2.28. The summed E-state index contributed by atoms with van der Waals surface area (Å²) in [5.74, 6) is -0.285. The van der Waals surface area contributed by atoms with Crippen LogP contribution < -0.4 is 5.32 Å². The van der Waals surface area contributed by atoms with Crippen molar-refractivity contribution >= 4 is 5.97 Å². The SMILES string of the molecule is CCOC(=O)c1cncn1CC1(C)CCNCC1. The van der Waals surface area contributed by atoms with Crippen LogP contribution in [0.15, 0.2) is 12.5 Å². The number of aromatic nitrogens is 2. The van der Waals surface area contributed by atoms with Gasteiger partial charge in [-0.25, -0.2) is 9.78 Å². The molecule has 0 bridgehead atoms. The molecule has 1 N–H and O–H groups in total. The van der Waals surface area contributed by atoms with Crippen molar-refractivity contribution in [2.24, 2.45) is 5.41 Å². The Hall–Kier alpha value is -1.36.